The number of benzene rings is 1. The highest BCUT2D eigenvalue weighted by Crippen LogP contribution is 2.35. The van der Waals surface area contributed by atoms with E-state index in [0.717, 1.165) is 18.5 Å². The Kier molecular flexibility index (Phi) is 6.29. The summed E-state index contributed by atoms with van der Waals surface area (Å²) in [5.41, 5.74) is 0.870. The van der Waals surface area contributed by atoms with E-state index in [2.05, 4.69) is 36.3 Å². The zero-order chi connectivity index (χ0) is 18.5. The molecule has 7 heteroatoms. The minimum absolute atomic E-state index is 0.0250. The molecule has 1 saturated carbocycles. The number of carbonyl (C=O) groups is 1. The second kappa shape index (κ2) is 8.66. The van der Waals surface area contributed by atoms with Crippen LogP contribution in [0.4, 0.5) is 0 Å². The van der Waals surface area contributed by atoms with Crippen molar-refractivity contribution in [1.29, 1.82) is 0 Å². The number of nitrogens with zero attached hydrogens (tertiary/aromatic N) is 4. The van der Waals surface area contributed by atoms with Gasteiger partial charge < -0.3 is 4.74 Å². The van der Waals surface area contributed by atoms with Crippen molar-refractivity contribution in [3.63, 3.8) is 0 Å². The second-order valence-corrected chi connectivity index (χ2v) is 8.29. The number of ether oxygens (including phenoxy) is 1. The van der Waals surface area contributed by atoms with Crippen molar-refractivity contribution < 1.29 is 9.53 Å². The van der Waals surface area contributed by atoms with E-state index in [1.54, 1.807) is 4.68 Å². The number of tetrazole rings is 1. The van der Waals surface area contributed by atoms with E-state index in [9.17, 15) is 4.79 Å². The van der Waals surface area contributed by atoms with E-state index in [1.807, 2.05) is 30.3 Å². The number of aromatic nitrogens is 4. The number of para-hydroxylation sites is 1. The van der Waals surface area contributed by atoms with E-state index in [4.69, 9.17) is 4.74 Å². The third-order valence-corrected chi connectivity index (χ3v) is 5.90. The fourth-order valence-corrected chi connectivity index (χ4v) is 4.25. The molecule has 2 aromatic rings. The molecule has 3 atom stereocenters. The molecule has 3 rings (SSSR count). The van der Waals surface area contributed by atoms with Crippen LogP contribution in [0, 0.1) is 17.8 Å². The molecule has 0 saturated heterocycles. The lowest BCUT2D eigenvalue weighted by atomic mass is 9.75. The van der Waals surface area contributed by atoms with Gasteiger partial charge in [-0.25, -0.2) is 0 Å². The molecule has 0 unspecified atom stereocenters. The lowest BCUT2D eigenvalue weighted by Crippen LogP contribution is -2.36. The minimum Gasteiger partial charge on any atom is -0.461 e. The standard InChI is InChI=1S/C19H26N4O2S/c1-13(2)16-10-9-14(3)11-17(16)25-18(24)12-26-19-20-21-22-23(19)15-7-5-4-6-8-15/h4-8,13-14,16-17H,9-12H2,1-3H3/t14-,16-,17+/m1/s1. The fraction of sp³-hybridized carbons (Fsp3) is 0.579. The molecule has 0 amide bonds. The van der Waals surface area contributed by atoms with Gasteiger partial charge in [-0.05, 0) is 53.2 Å². The van der Waals surface area contributed by atoms with Crippen molar-refractivity contribution in [3.05, 3.63) is 30.3 Å². The largest absolute Gasteiger partial charge is 0.461 e. The summed E-state index contributed by atoms with van der Waals surface area (Å²) in [5.74, 6) is 1.61. The van der Waals surface area contributed by atoms with Crippen LogP contribution in [0.15, 0.2) is 35.5 Å². The van der Waals surface area contributed by atoms with Gasteiger partial charge in [0.1, 0.15) is 6.10 Å². The molecule has 0 aliphatic heterocycles. The van der Waals surface area contributed by atoms with Gasteiger partial charge in [0, 0.05) is 0 Å². The third kappa shape index (κ3) is 4.63. The van der Waals surface area contributed by atoms with Gasteiger partial charge in [-0.15, -0.1) is 5.10 Å². The maximum absolute atomic E-state index is 12.4. The number of thioether (sulfide) groups is 1. The highest BCUT2D eigenvalue weighted by Gasteiger charge is 2.33. The van der Waals surface area contributed by atoms with Gasteiger partial charge in [-0.2, -0.15) is 4.68 Å². The lowest BCUT2D eigenvalue weighted by molar-refractivity contribution is -0.152. The summed E-state index contributed by atoms with van der Waals surface area (Å²) in [5, 5.41) is 12.3. The molecule has 1 aromatic carbocycles. The zero-order valence-electron chi connectivity index (χ0n) is 15.5. The first-order chi connectivity index (χ1) is 12.5. The molecule has 1 aromatic heterocycles. The zero-order valence-corrected chi connectivity index (χ0v) is 16.4. The van der Waals surface area contributed by atoms with Gasteiger partial charge in [0.25, 0.3) is 0 Å². The summed E-state index contributed by atoms with van der Waals surface area (Å²) in [6, 6.07) is 9.64. The molecule has 0 bridgehead atoms. The number of esters is 1. The first-order valence-electron chi connectivity index (χ1n) is 9.20. The van der Waals surface area contributed by atoms with Gasteiger partial charge >= 0.3 is 5.97 Å². The van der Waals surface area contributed by atoms with Crippen molar-refractivity contribution in [2.24, 2.45) is 17.8 Å². The Bertz CT molecular complexity index is 719. The molecule has 26 heavy (non-hydrogen) atoms. The molecular formula is C19H26N4O2S. The van der Waals surface area contributed by atoms with Crippen LogP contribution < -0.4 is 0 Å². The Hall–Kier alpha value is -1.89. The Morgan fingerprint density at radius 3 is 2.81 bits per heavy atom. The van der Waals surface area contributed by atoms with E-state index in [0.29, 0.717) is 22.9 Å². The highest BCUT2D eigenvalue weighted by molar-refractivity contribution is 7.99. The molecule has 1 heterocycles. The van der Waals surface area contributed by atoms with E-state index in [-0.39, 0.29) is 17.8 Å². The van der Waals surface area contributed by atoms with Crippen LogP contribution in [-0.4, -0.2) is 38.0 Å². The monoisotopic (exact) mass is 374 g/mol. The van der Waals surface area contributed by atoms with Crippen molar-refractivity contribution >= 4 is 17.7 Å². The Morgan fingerprint density at radius 1 is 1.31 bits per heavy atom. The van der Waals surface area contributed by atoms with Crippen molar-refractivity contribution in [2.75, 3.05) is 5.75 Å². The molecule has 0 N–H and O–H groups in total. The molecule has 0 spiro atoms. The van der Waals surface area contributed by atoms with Crippen LogP contribution >= 0.6 is 11.8 Å². The number of carbonyl (C=O) groups excluding carboxylic acids is 1. The average molecular weight is 375 g/mol. The first-order valence-corrected chi connectivity index (χ1v) is 10.2. The molecule has 1 aliphatic carbocycles. The topological polar surface area (TPSA) is 69.9 Å². The van der Waals surface area contributed by atoms with Crippen molar-refractivity contribution in [3.8, 4) is 5.69 Å². The van der Waals surface area contributed by atoms with Crippen LogP contribution in [-0.2, 0) is 9.53 Å². The SMILES string of the molecule is CC(C)[C@H]1CC[C@@H](C)C[C@@H]1OC(=O)CSc1nnnn1-c1ccccc1. The molecule has 0 radical (unpaired) electrons. The van der Waals surface area contributed by atoms with Gasteiger partial charge in [-0.3, -0.25) is 4.79 Å². The van der Waals surface area contributed by atoms with Crippen molar-refractivity contribution in [2.45, 2.75) is 51.3 Å². The summed E-state index contributed by atoms with van der Waals surface area (Å²) in [4.78, 5) is 12.4. The molecular weight excluding hydrogens is 348 g/mol. The fourth-order valence-electron chi connectivity index (χ4n) is 3.58. The second-order valence-electron chi connectivity index (χ2n) is 7.35. The lowest BCUT2D eigenvalue weighted by Gasteiger charge is -2.36. The Balaban J connectivity index is 1.59. The van der Waals surface area contributed by atoms with Crippen LogP contribution in [0.2, 0.25) is 0 Å². The summed E-state index contributed by atoms with van der Waals surface area (Å²) >= 11 is 1.31. The van der Waals surface area contributed by atoms with Crippen LogP contribution in [0.5, 0.6) is 0 Å². The van der Waals surface area contributed by atoms with E-state index < -0.39 is 0 Å². The number of hydrogen-bond donors (Lipinski definition) is 0. The molecule has 1 fully saturated rings. The third-order valence-electron chi connectivity index (χ3n) is 5.00. The van der Waals surface area contributed by atoms with Gasteiger partial charge in [0.2, 0.25) is 5.16 Å². The molecule has 6 nitrogen and oxygen atoms in total. The Labute approximate surface area is 158 Å². The predicted molar refractivity (Wildman–Crippen MR) is 101 cm³/mol. The number of rotatable bonds is 6. The van der Waals surface area contributed by atoms with E-state index >= 15 is 0 Å². The van der Waals surface area contributed by atoms with Crippen LogP contribution in [0.3, 0.4) is 0 Å². The summed E-state index contributed by atoms with van der Waals surface area (Å²) in [6.07, 6.45) is 3.34. The average Bonchev–Trinajstić information content (AvgIpc) is 3.09. The summed E-state index contributed by atoms with van der Waals surface area (Å²) in [6.45, 7) is 6.66. The van der Waals surface area contributed by atoms with Gasteiger partial charge in [0.05, 0.1) is 11.4 Å². The minimum atomic E-state index is -0.192. The Morgan fingerprint density at radius 2 is 2.08 bits per heavy atom. The molecule has 1 aliphatic rings. The first kappa shape index (κ1) is 18.9. The maximum atomic E-state index is 12.4. The van der Waals surface area contributed by atoms with Crippen molar-refractivity contribution in [1.82, 2.24) is 20.2 Å². The van der Waals surface area contributed by atoms with E-state index in [1.165, 1.54) is 18.2 Å². The molecule has 140 valence electrons. The smallest absolute Gasteiger partial charge is 0.316 e. The van der Waals surface area contributed by atoms with Crippen LogP contribution in [0.25, 0.3) is 5.69 Å². The summed E-state index contributed by atoms with van der Waals surface area (Å²) in [7, 11) is 0. The maximum Gasteiger partial charge on any atom is 0.316 e. The van der Waals surface area contributed by atoms with Gasteiger partial charge in [-0.1, -0.05) is 57.2 Å². The quantitative estimate of drug-likeness (QED) is 0.566. The normalized spacial score (nSPS) is 23.2. The van der Waals surface area contributed by atoms with Gasteiger partial charge in [0.15, 0.2) is 0 Å². The number of hydrogen-bond acceptors (Lipinski definition) is 6. The highest BCUT2D eigenvalue weighted by atomic mass is 32.2. The predicted octanol–water partition coefficient (Wildman–Crippen LogP) is 3.76. The van der Waals surface area contributed by atoms with Crippen LogP contribution in [0.1, 0.15) is 40.0 Å². The summed E-state index contributed by atoms with van der Waals surface area (Å²) < 4.78 is 7.48.